The summed E-state index contributed by atoms with van der Waals surface area (Å²) in [5.74, 6) is 2.35. The SMILES string of the molecule is CC1CCC(C(C)C)C(Nc2cccc(CCCO)c2)C1. The first-order chi connectivity index (χ1) is 10.1. The van der Waals surface area contributed by atoms with Crippen LogP contribution >= 0.6 is 0 Å². The van der Waals surface area contributed by atoms with E-state index in [9.17, 15) is 0 Å². The van der Waals surface area contributed by atoms with Gasteiger partial charge in [0.05, 0.1) is 0 Å². The molecule has 3 unspecified atom stereocenters. The molecule has 0 saturated heterocycles. The Kier molecular flexibility index (Phi) is 6.10. The molecular weight excluding hydrogens is 258 g/mol. The molecule has 2 rings (SSSR count). The van der Waals surface area contributed by atoms with Gasteiger partial charge in [0.25, 0.3) is 0 Å². The van der Waals surface area contributed by atoms with Crippen molar-refractivity contribution in [3.63, 3.8) is 0 Å². The molecule has 0 radical (unpaired) electrons. The number of rotatable bonds is 6. The van der Waals surface area contributed by atoms with Crippen molar-refractivity contribution in [3.8, 4) is 0 Å². The summed E-state index contributed by atoms with van der Waals surface area (Å²) in [5.41, 5.74) is 2.56. The highest BCUT2D eigenvalue weighted by Crippen LogP contribution is 2.35. The third-order valence-corrected chi connectivity index (χ3v) is 4.92. The maximum Gasteiger partial charge on any atom is 0.0434 e. The van der Waals surface area contributed by atoms with Crippen LogP contribution < -0.4 is 5.32 Å². The minimum absolute atomic E-state index is 0.271. The van der Waals surface area contributed by atoms with E-state index in [1.807, 2.05) is 0 Å². The van der Waals surface area contributed by atoms with E-state index in [0.29, 0.717) is 6.04 Å². The van der Waals surface area contributed by atoms with Crippen LogP contribution in [-0.4, -0.2) is 17.8 Å². The molecule has 0 heterocycles. The third kappa shape index (κ3) is 4.74. The Bertz CT molecular complexity index is 429. The minimum atomic E-state index is 0.271. The Morgan fingerprint density at radius 1 is 1.29 bits per heavy atom. The minimum Gasteiger partial charge on any atom is -0.396 e. The summed E-state index contributed by atoms with van der Waals surface area (Å²) in [4.78, 5) is 0. The molecule has 2 nitrogen and oxygen atoms in total. The van der Waals surface area contributed by atoms with E-state index >= 15 is 0 Å². The van der Waals surface area contributed by atoms with E-state index in [4.69, 9.17) is 5.11 Å². The van der Waals surface area contributed by atoms with E-state index in [-0.39, 0.29) is 6.61 Å². The average molecular weight is 289 g/mol. The Hall–Kier alpha value is -1.02. The maximum atomic E-state index is 8.97. The van der Waals surface area contributed by atoms with Crippen LogP contribution in [0.5, 0.6) is 0 Å². The van der Waals surface area contributed by atoms with Gasteiger partial charge < -0.3 is 10.4 Å². The third-order valence-electron chi connectivity index (χ3n) is 4.92. The molecule has 2 heteroatoms. The van der Waals surface area contributed by atoms with Crippen LogP contribution in [0.15, 0.2) is 24.3 Å². The number of benzene rings is 1. The van der Waals surface area contributed by atoms with Crippen LogP contribution in [0, 0.1) is 17.8 Å². The summed E-state index contributed by atoms with van der Waals surface area (Å²) in [6.45, 7) is 7.36. The number of hydrogen-bond donors (Lipinski definition) is 2. The van der Waals surface area contributed by atoms with Gasteiger partial charge >= 0.3 is 0 Å². The van der Waals surface area contributed by atoms with Crippen molar-refractivity contribution in [2.24, 2.45) is 17.8 Å². The standard InChI is InChI=1S/C19H31NO/c1-14(2)18-10-9-15(3)12-19(18)20-17-8-4-6-16(13-17)7-5-11-21/h4,6,8,13-15,18-21H,5,7,9-12H2,1-3H3. The molecule has 1 aromatic rings. The molecule has 0 aromatic heterocycles. The lowest BCUT2D eigenvalue weighted by Gasteiger charge is -2.38. The fraction of sp³-hybridized carbons (Fsp3) is 0.684. The predicted octanol–water partition coefficient (Wildman–Crippen LogP) is 4.48. The number of hydrogen-bond acceptors (Lipinski definition) is 2. The van der Waals surface area contributed by atoms with Crippen LogP contribution in [0.1, 0.15) is 52.0 Å². The molecule has 0 aliphatic heterocycles. The first-order valence-electron chi connectivity index (χ1n) is 8.56. The summed E-state index contributed by atoms with van der Waals surface area (Å²) in [7, 11) is 0. The van der Waals surface area contributed by atoms with E-state index in [2.05, 4.69) is 50.4 Å². The highest BCUT2D eigenvalue weighted by Gasteiger charge is 2.30. The lowest BCUT2D eigenvalue weighted by atomic mass is 9.74. The van der Waals surface area contributed by atoms with E-state index in [0.717, 1.165) is 30.6 Å². The first kappa shape index (κ1) is 16.4. The number of aliphatic hydroxyl groups excluding tert-OH is 1. The number of aryl methyl sites for hydroxylation is 1. The van der Waals surface area contributed by atoms with E-state index < -0.39 is 0 Å². The molecule has 1 saturated carbocycles. The number of anilines is 1. The molecule has 0 bridgehead atoms. The zero-order valence-corrected chi connectivity index (χ0v) is 13.8. The summed E-state index contributed by atoms with van der Waals surface area (Å²) in [6, 6.07) is 9.32. The van der Waals surface area contributed by atoms with Crippen molar-refractivity contribution in [2.75, 3.05) is 11.9 Å². The normalized spacial score (nSPS) is 26.0. The Morgan fingerprint density at radius 3 is 2.81 bits per heavy atom. The Labute approximate surface area is 130 Å². The van der Waals surface area contributed by atoms with Crippen molar-refractivity contribution >= 4 is 5.69 Å². The fourth-order valence-corrected chi connectivity index (χ4v) is 3.68. The predicted molar refractivity (Wildman–Crippen MR) is 90.6 cm³/mol. The Balaban J connectivity index is 2.04. The zero-order chi connectivity index (χ0) is 15.2. The van der Waals surface area contributed by atoms with Crippen molar-refractivity contribution < 1.29 is 5.11 Å². The van der Waals surface area contributed by atoms with Gasteiger partial charge in [0.2, 0.25) is 0 Å². The van der Waals surface area contributed by atoms with Gasteiger partial charge in [-0.2, -0.15) is 0 Å². The van der Waals surface area contributed by atoms with Gasteiger partial charge in [-0.15, -0.1) is 0 Å². The molecule has 0 spiro atoms. The molecule has 3 atom stereocenters. The second kappa shape index (κ2) is 7.84. The fourth-order valence-electron chi connectivity index (χ4n) is 3.68. The van der Waals surface area contributed by atoms with Crippen molar-refractivity contribution in [1.82, 2.24) is 0 Å². The van der Waals surface area contributed by atoms with Crippen LogP contribution in [0.25, 0.3) is 0 Å². The van der Waals surface area contributed by atoms with Gasteiger partial charge in [-0.3, -0.25) is 0 Å². The summed E-state index contributed by atoms with van der Waals surface area (Å²) in [6.07, 6.45) is 5.81. The molecule has 1 aliphatic rings. The second-order valence-corrected chi connectivity index (χ2v) is 7.10. The molecule has 0 amide bonds. The molecular formula is C19H31NO. The van der Waals surface area contributed by atoms with Gasteiger partial charge in [0.15, 0.2) is 0 Å². The quantitative estimate of drug-likeness (QED) is 0.809. The van der Waals surface area contributed by atoms with Gasteiger partial charge in [-0.05, 0) is 61.1 Å². The topological polar surface area (TPSA) is 32.3 Å². The van der Waals surface area contributed by atoms with Crippen molar-refractivity contribution in [1.29, 1.82) is 0 Å². The number of aliphatic hydroxyl groups is 1. The first-order valence-corrected chi connectivity index (χ1v) is 8.56. The summed E-state index contributed by atoms with van der Waals surface area (Å²) in [5, 5.41) is 12.8. The van der Waals surface area contributed by atoms with Gasteiger partial charge in [0.1, 0.15) is 0 Å². The largest absolute Gasteiger partial charge is 0.396 e. The highest BCUT2D eigenvalue weighted by atomic mass is 16.2. The van der Waals surface area contributed by atoms with Crippen molar-refractivity contribution in [3.05, 3.63) is 29.8 Å². The summed E-state index contributed by atoms with van der Waals surface area (Å²) >= 11 is 0. The van der Waals surface area contributed by atoms with Gasteiger partial charge in [-0.25, -0.2) is 0 Å². The lowest BCUT2D eigenvalue weighted by Crippen LogP contribution is -2.37. The number of nitrogens with one attached hydrogen (secondary N) is 1. The van der Waals surface area contributed by atoms with Crippen LogP contribution in [0.3, 0.4) is 0 Å². The maximum absolute atomic E-state index is 8.97. The summed E-state index contributed by atoms with van der Waals surface area (Å²) < 4.78 is 0. The van der Waals surface area contributed by atoms with Gasteiger partial charge in [-0.1, -0.05) is 39.3 Å². The van der Waals surface area contributed by atoms with Crippen LogP contribution in [0.2, 0.25) is 0 Å². The molecule has 1 fully saturated rings. The molecule has 1 aromatic carbocycles. The average Bonchev–Trinajstić information content (AvgIpc) is 2.45. The van der Waals surface area contributed by atoms with Crippen molar-refractivity contribution in [2.45, 2.75) is 58.9 Å². The Morgan fingerprint density at radius 2 is 2.10 bits per heavy atom. The van der Waals surface area contributed by atoms with E-state index in [1.54, 1.807) is 0 Å². The molecule has 21 heavy (non-hydrogen) atoms. The van der Waals surface area contributed by atoms with Gasteiger partial charge in [0, 0.05) is 18.3 Å². The second-order valence-electron chi connectivity index (χ2n) is 7.10. The molecule has 1 aliphatic carbocycles. The molecule has 118 valence electrons. The van der Waals surface area contributed by atoms with Crippen LogP contribution in [-0.2, 0) is 6.42 Å². The van der Waals surface area contributed by atoms with Crippen LogP contribution in [0.4, 0.5) is 5.69 Å². The van der Waals surface area contributed by atoms with E-state index in [1.165, 1.54) is 30.5 Å². The molecule has 2 N–H and O–H groups in total. The monoisotopic (exact) mass is 289 g/mol. The smallest absolute Gasteiger partial charge is 0.0434 e. The zero-order valence-electron chi connectivity index (χ0n) is 13.8. The highest BCUT2D eigenvalue weighted by molar-refractivity contribution is 5.46. The lowest BCUT2D eigenvalue weighted by molar-refractivity contribution is 0.212.